The highest BCUT2D eigenvalue weighted by atomic mass is 16.5. The van der Waals surface area contributed by atoms with E-state index in [9.17, 15) is 4.79 Å². The summed E-state index contributed by atoms with van der Waals surface area (Å²) < 4.78 is 11.5. The SMILES string of the molecule is CCCCCOc1ccc(/C=N\NC(=O)c2ccc(N)cc2)cc1OCC. The smallest absolute Gasteiger partial charge is 0.271 e. The number of benzene rings is 2. The molecule has 0 unspecified atom stereocenters. The fraction of sp³-hybridized carbons (Fsp3) is 0.333. The quantitative estimate of drug-likeness (QED) is 0.287. The minimum atomic E-state index is -0.299. The lowest BCUT2D eigenvalue weighted by atomic mass is 10.2. The fourth-order valence-electron chi connectivity index (χ4n) is 2.39. The Morgan fingerprint density at radius 1 is 1.07 bits per heavy atom. The summed E-state index contributed by atoms with van der Waals surface area (Å²) in [4.78, 5) is 12.0. The highest BCUT2D eigenvalue weighted by Gasteiger charge is 2.07. The van der Waals surface area contributed by atoms with E-state index in [1.165, 1.54) is 0 Å². The summed E-state index contributed by atoms with van der Waals surface area (Å²) in [6.45, 7) is 5.29. The van der Waals surface area contributed by atoms with Gasteiger partial charge in [0.15, 0.2) is 11.5 Å². The van der Waals surface area contributed by atoms with E-state index in [-0.39, 0.29) is 5.91 Å². The molecule has 2 rings (SSSR count). The molecule has 0 aromatic heterocycles. The number of carbonyl (C=O) groups is 1. The predicted octanol–water partition coefficient (Wildman–Crippen LogP) is 4.00. The molecule has 0 aliphatic heterocycles. The molecule has 0 radical (unpaired) electrons. The number of nitrogens with one attached hydrogen (secondary N) is 1. The lowest BCUT2D eigenvalue weighted by Crippen LogP contribution is -2.17. The van der Waals surface area contributed by atoms with Crippen molar-refractivity contribution in [3.63, 3.8) is 0 Å². The molecule has 3 N–H and O–H groups in total. The summed E-state index contributed by atoms with van der Waals surface area (Å²) in [6.07, 6.45) is 4.88. The first-order valence-corrected chi connectivity index (χ1v) is 9.22. The van der Waals surface area contributed by atoms with Gasteiger partial charge in [0.05, 0.1) is 19.4 Å². The van der Waals surface area contributed by atoms with Gasteiger partial charge >= 0.3 is 0 Å². The van der Waals surface area contributed by atoms with Crippen molar-refractivity contribution in [1.29, 1.82) is 0 Å². The number of rotatable bonds is 10. The number of hydrogen-bond acceptors (Lipinski definition) is 5. The Balaban J connectivity index is 1.98. The molecule has 2 aromatic carbocycles. The molecule has 0 atom stereocenters. The van der Waals surface area contributed by atoms with Gasteiger partial charge in [-0.1, -0.05) is 19.8 Å². The van der Waals surface area contributed by atoms with Crippen molar-refractivity contribution in [2.45, 2.75) is 33.1 Å². The summed E-state index contributed by atoms with van der Waals surface area (Å²) in [5.74, 6) is 1.09. The van der Waals surface area contributed by atoms with Crippen LogP contribution in [0.1, 0.15) is 49.0 Å². The Labute approximate surface area is 160 Å². The predicted molar refractivity (Wildman–Crippen MR) is 109 cm³/mol. The summed E-state index contributed by atoms with van der Waals surface area (Å²) in [7, 11) is 0. The van der Waals surface area contributed by atoms with Gasteiger partial charge in [0, 0.05) is 11.3 Å². The van der Waals surface area contributed by atoms with Crippen LogP contribution in [0.5, 0.6) is 11.5 Å². The van der Waals surface area contributed by atoms with E-state index in [0.29, 0.717) is 30.2 Å². The maximum atomic E-state index is 12.0. The van der Waals surface area contributed by atoms with Crippen LogP contribution in [0.3, 0.4) is 0 Å². The van der Waals surface area contributed by atoms with Crippen molar-refractivity contribution in [3.05, 3.63) is 53.6 Å². The standard InChI is InChI=1S/C21H27N3O3/c1-3-5-6-13-27-19-12-7-16(14-20(19)26-4-2)15-23-24-21(25)17-8-10-18(22)11-9-17/h7-12,14-15H,3-6,13,22H2,1-2H3,(H,24,25)/b23-15-. The second-order valence-corrected chi connectivity index (χ2v) is 6.02. The number of carbonyl (C=O) groups excluding carboxylic acids is 1. The Hall–Kier alpha value is -3.02. The van der Waals surface area contributed by atoms with E-state index in [4.69, 9.17) is 15.2 Å². The average Bonchev–Trinajstić information content (AvgIpc) is 2.67. The van der Waals surface area contributed by atoms with Crippen molar-refractivity contribution < 1.29 is 14.3 Å². The average molecular weight is 369 g/mol. The highest BCUT2D eigenvalue weighted by Crippen LogP contribution is 2.28. The molecule has 0 aliphatic carbocycles. The van der Waals surface area contributed by atoms with Crippen LogP contribution in [0.2, 0.25) is 0 Å². The molecule has 0 aliphatic rings. The van der Waals surface area contributed by atoms with E-state index in [0.717, 1.165) is 30.6 Å². The van der Waals surface area contributed by atoms with Crippen LogP contribution in [0.4, 0.5) is 5.69 Å². The van der Waals surface area contributed by atoms with Gasteiger partial charge in [-0.25, -0.2) is 5.43 Å². The highest BCUT2D eigenvalue weighted by molar-refractivity contribution is 5.95. The van der Waals surface area contributed by atoms with Gasteiger partial charge in [-0.05, 0) is 61.4 Å². The molecule has 27 heavy (non-hydrogen) atoms. The summed E-state index contributed by atoms with van der Waals surface area (Å²) >= 11 is 0. The van der Waals surface area contributed by atoms with E-state index >= 15 is 0 Å². The van der Waals surface area contributed by atoms with Gasteiger partial charge in [0.2, 0.25) is 0 Å². The largest absolute Gasteiger partial charge is 0.490 e. The van der Waals surface area contributed by atoms with Gasteiger partial charge < -0.3 is 15.2 Å². The van der Waals surface area contributed by atoms with Gasteiger partial charge in [-0.3, -0.25) is 4.79 Å². The summed E-state index contributed by atoms with van der Waals surface area (Å²) in [5, 5.41) is 4.01. The van der Waals surface area contributed by atoms with Crippen LogP contribution < -0.4 is 20.6 Å². The fourth-order valence-corrected chi connectivity index (χ4v) is 2.39. The number of hydrazone groups is 1. The van der Waals surface area contributed by atoms with Crippen LogP contribution >= 0.6 is 0 Å². The Morgan fingerprint density at radius 2 is 1.85 bits per heavy atom. The number of hydrogen-bond donors (Lipinski definition) is 2. The Kier molecular flexibility index (Phi) is 8.16. The summed E-state index contributed by atoms with van der Waals surface area (Å²) in [6, 6.07) is 12.2. The number of ether oxygens (including phenoxy) is 2. The number of nitrogens with two attached hydrogens (primary N) is 1. The second kappa shape index (κ2) is 10.9. The van der Waals surface area contributed by atoms with E-state index in [1.807, 2.05) is 25.1 Å². The molecular formula is C21H27N3O3. The Bertz CT molecular complexity index is 758. The third kappa shape index (κ3) is 6.66. The minimum absolute atomic E-state index is 0.299. The molecule has 1 amide bonds. The first-order valence-electron chi connectivity index (χ1n) is 9.22. The number of unbranched alkanes of at least 4 members (excludes halogenated alkanes) is 2. The second-order valence-electron chi connectivity index (χ2n) is 6.02. The molecule has 2 aromatic rings. The van der Waals surface area contributed by atoms with Gasteiger partial charge in [0.1, 0.15) is 0 Å². The number of nitrogens with zero attached hydrogens (tertiary/aromatic N) is 1. The first-order chi connectivity index (χ1) is 13.1. The van der Waals surface area contributed by atoms with E-state index in [1.54, 1.807) is 30.5 Å². The maximum Gasteiger partial charge on any atom is 0.271 e. The van der Waals surface area contributed by atoms with Crippen LogP contribution in [0.15, 0.2) is 47.6 Å². The van der Waals surface area contributed by atoms with Crippen molar-refractivity contribution in [1.82, 2.24) is 5.43 Å². The maximum absolute atomic E-state index is 12.0. The molecule has 0 saturated heterocycles. The molecule has 0 spiro atoms. The van der Waals surface area contributed by atoms with Gasteiger partial charge in [-0.2, -0.15) is 5.10 Å². The normalized spacial score (nSPS) is 10.7. The van der Waals surface area contributed by atoms with Crippen LogP contribution in [0, 0.1) is 0 Å². The van der Waals surface area contributed by atoms with Crippen LogP contribution in [-0.4, -0.2) is 25.3 Å². The summed E-state index contributed by atoms with van der Waals surface area (Å²) in [5.41, 5.74) is 10.0. The lowest BCUT2D eigenvalue weighted by Gasteiger charge is -2.12. The van der Waals surface area contributed by atoms with Gasteiger partial charge in [-0.15, -0.1) is 0 Å². The van der Waals surface area contributed by atoms with Gasteiger partial charge in [0.25, 0.3) is 5.91 Å². The molecule has 0 saturated carbocycles. The molecule has 144 valence electrons. The topological polar surface area (TPSA) is 85.9 Å². The first kappa shape index (κ1) is 20.3. The third-order valence-electron chi connectivity index (χ3n) is 3.83. The van der Waals surface area contributed by atoms with E-state index in [2.05, 4.69) is 17.5 Å². The lowest BCUT2D eigenvalue weighted by molar-refractivity contribution is 0.0955. The molecule has 0 fully saturated rings. The molecule has 0 bridgehead atoms. The van der Waals surface area contributed by atoms with Crippen LogP contribution in [-0.2, 0) is 0 Å². The van der Waals surface area contributed by atoms with Crippen molar-refractivity contribution in [2.24, 2.45) is 5.10 Å². The zero-order valence-electron chi connectivity index (χ0n) is 15.9. The van der Waals surface area contributed by atoms with E-state index < -0.39 is 0 Å². The monoisotopic (exact) mass is 369 g/mol. The number of anilines is 1. The zero-order valence-corrected chi connectivity index (χ0v) is 15.9. The molecule has 6 nitrogen and oxygen atoms in total. The Morgan fingerprint density at radius 3 is 2.56 bits per heavy atom. The minimum Gasteiger partial charge on any atom is -0.490 e. The molecule has 6 heteroatoms. The van der Waals surface area contributed by atoms with Crippen molar-refractivity contribution in [3.8, 4) is 11.5 Å². The zero-order chi connectivity index (χ0) is 19.5. The van der Waals surface area contributed by atoms with Crippen LogP contribution in [0.25, 0.3) is 0 Å². The number of nitrogen functional groups attached to an aromatic ring is 1. The number of amides is 1. The molecule has 0 heterocycles. The van der Waals surface area contributed by atoms with Crippen molar-refractivity contribution >= 4 is 17.8 Å². The molecular weight excluding hydrogens is 342 g/mol. The van der Waals surface area contributed by atoms with Crippen molar-refractivity contribution in [2.75, 3.05) is 18.9 Å². The third-order valence-corrected chi connectivity index (χ3v) is 3.83.